The molecule has 2 rings (SSSR count). The Morgan fingerprint density at radius 3 is 2.75 bits per heavy atom. The first-order chi connectivity index (χ1) is 7.68. The lowest BCUT2D eigenvalue weighted by Gasteiger charge is -2.20. The predicted octanol–water partition coefficient (Wildman–Crippen LogP) is 2.54. The molecule has 1 amide bonds. The van der Waals surface area contributed by atoms with E-state index in [9.17, 15) is 4.79 Å². The van der Waals surface area contributed by atoms with E-state index in [1.165, 1.54) is 12.8 Å². The van der Waals surface area contributed by atoms with Gasteiger partial charge in [0.1, 0.15) is 5.82 Å². The lowest BCUT2D eigenvalue weighted by Crippen LogP contribution is -2.32. The first kappa shape index (κ1) is 11.1. The monoisotopic (exact) mass is 218 g/mol. The molecular formula is C13H18N2O. The highest BCUT2D eigenvalue weighted by molar-refractivity contribution is 5.93. The summed E-state index contributed by atoms with van der Waals surface area (Å²) in [5.74, 6) is 1.19. The second-order valence-corrected chi connectivity index (χ2v) is 4.57. The summed E-state index contributed by atoms with van der Waals surface area (Å²) in [6, 6.07) is 3.89. The van der Waals surface area contributed by atoms with Gasteiger partial charge in [-0.05, 0) is 37.5 Å². The average Bonchev–Trinajstić information content (AvgIpc) is 2.80. The molecule has 1 aromatic rings. The van der Waals surface area contributed by atoms with Gasteiger partial charge in [-0.2, -0.15) is 0 Å². The first-order valence-electron chi connectivity index (χ1n) is 5.88. The van der Waals surface area contributed by atoms with Gasteiger partial charge in [0.2, 0.25) is 5.91 Å². The van der Waals surface area contributed by atoms with Crippen molar-refractivity contribution in [3.63, 3.8) is 0 Å². The van der Waals surface area contributed by atoms with Gasteiger partial charge in [-0.1, -0.05) is 12.8 Å². The Bertz CT molecular complexity index is 383. The fourth-order valence-corrected chi connectivity index (χ4v) is 2.26. The number of carbonyl (C=O) groups is 1. The molecule has 0 aromatic carbocycles. The number of amides is 1. The summed E-state index contributed by atoms with van der Waals surface area (Å²) >= 11 is 0. The van der Waals surface area contributed by atoms with Gasteiger partial charge in [0, 0.05) is 19.2 Å². The van der Waals surface area contributed by atoms with Crippen LogP contribution in [0, 0.1) is 12.8 Å². The van der Waals surface area contributed by atoms with Gasteiger partial charge in [-0.25, -0.2) is 4.98 Å². The maximum absolute atomic E-state index is 12.1. The summed E-state index contributed by atoms with van der Waals surface area (Å²) in [6.07, 6.45) is 6.20. The van der Waals surface area contributed by atoms with Gasteiger partial charge in [0.25, 0.3) is 0 Å². The fraction of sp³-hybridized carbons (Fsp3) is 0.538. The lowest BCUT2D eigenvalue weighted by molar-refractivity contribution is -0.121. The smallest absolute Gasteiger partial charge is 0.230 e. The molecule has 1 aliphatic rings. The van der Waals surface area contributed by atoms with Crippen LogP contribution in [0.5, 0.6) is 0 Å². The summed E-state index contributed by atoms with van der Waals surface area (Å²) < 4.78 is 0. The largest absolute Gasteiger partial charge is 0.300 e. The Morgan fingerprint density at radius 1 is 1.44 bits per heavy atom. The van der Waals surface area contributed by atoms with E-state index in [0.29, 0.717) is 0 Å². The number of hydrogen-bond donors (Lipinski definition) is 0. The summed E-state index contributed by atoms with van der Waals surface area (Å²) in [7, 11) is 1.82. The van der Waals surface area contributed by atoms with Crippen molar-refractivity contribution in [2.45, 2.75) is 32.6 Å². The number of aryl methyl sites for hydroxylation is 1. The molecule has 0 aliphatic heterocycles. The minimum atomic E-state index is 0.215. The SMILES string of the molecule is Cc1ccnc(N(C)C(=O)C2CCCC2)c1. The molecule has 1 aliphatic carbocycles. The highest BCUT2D eigenvalue weighted by atomic mass is 16.2. The maximum Gasteiger partial charge on any atom is 0.230 e. The highest BCUT2D eigenvalue weighted by Crippen LogP contribution is 2.27. The Kier molecular flexibility index (Phi) is 3.22. The van der Waals surface area contributed by atoms with E-state index in [2.05, 4.69) is 4.98 Å². The average molecular weight is 218 g/mol. The van der Waals surface area contributed by atoms with Crippen LogP contribution < -0.4 is 4.90 Å². The molecular weight excluding hydrogens is 200 g/mol. The van der Waals surface area contributed by atoms with Crippen molar-refractivity contribution in [1.29, 1.82) is 0 Å². The maximum atomic E-state index is 12.1. The molecule has 0 N–H and O–H groups in total. The third-order valence-electron chi connectivity index (χ3n) is 3.28. The van der Waals surface area contributed by atoms with Gasteiger partial charge >= 0.3 is 0 Å². The van der Waals surface area contributed by atoms with Gasteiger partial charge in [-0.15, -0.1) is 0 Å². The molecule has 0 bridgehead atoms. The molecule has 1 saturated carbocycles. The van der Waals surface area contributed by atoms with Crippen LogP contribution in [0.1, 0.15) is 31.2 Å². The van der Waals surface area contributed by atoms with E-state index in [4.69, 9.17) is 0 Å². The van der Waals surface area contributed by atoms with Crippen LogP contribution in [0.25, 0.3) is 0 Å². The topological polar surface area (TPSA) is 33.2 Å². The number of rotatable bonds is 2. The van der Waals surface area contributed by atoms with E-state index < -0.39 is 0 Å². The van der Waals surface area contributed by atoms with Gasteiger partial charge in [0.05, 0.1) is 0 Å². The van der Waals surface area contributed by atoms with E-state index in [-0.39, 0.29) is 11.8 Å². The fourth-order valence-electron chi connectivity index (χ4n) is 2.26. The van der Waals surface area contributed by atoms with Crippen LogP contribution in [0.4, 0.5) is 5.82 Å². The van der Waals surface area contributed by atoms with Crippen molar-refractivity contribution in [3.05, 3.63) is 23.9 Å². The van der Waals surface area contributed by atoms with E-state index in [1.807, 2.05) is 26.1 Å². The zero-order chi connectivity index (χ0) is 11.5. The lowest BCUT2D eigenvalue weighted by atomic mass is 10.1. The van der Waals surface area contributed by atoms with Crippen LogP contribution in [0.2, 0.25) is 0 Å². The Balaban J connectivity index is 2.11. The number of anilines is 1. The van der Waals surface area contributed by atoms with Crippen LogP contribution in [0.3, 0.4) is 0 Å². The second kappa shape index (κ2) is 4.64. The highest BCUT2D eigenvalue weighted by Gasteiger charge is 2.26. The van der Waals surface area contributed by atoms with Gasteiger partial charge in [0.15, 0.2) is 0 Å². The zero-order valence-electron chi connectivity index (χ0n) is 9.94. The van der Waals surface area contributed by atoms with Gasteiger partial charge < -0.3 is 0 Å². The van der Waals surface area contributed by atoms with Crippen molar-refractivity contribution >= 4 is 11.7 Å². The standard InChI is InChI=1S/C13H18N2O/c1-10-7-8-14-12(9-10)15(2)13(16)11-5-3-4-6-11/h7-9,11H,3-6H2,1-2H3. The Labute approximate surface area is 96.5 Å². The number of nitrogens with zero attached hydrogens (tertiary/aromatic N) is 2. The van der Waals surface area contributed by atoms with Crippen molar-refractivity contribution in [1.82, 2.24) is 4.98 Å². The molecule has 0 saturated heterocycles. The number of pyridine rings is 1. The molecule has 86 valence electrons. The normalized spacial score (nSPS) is 16.4. The van der Waals surface area contributed by atoms with Crippen molar-refractivity contribution < 1.29 is 4.79 Å². The molecule has 1 fully saturated rings. The minimum Gasteiger partial charge on any atom is -0.300 e. The quantitative estimate of drug-likeness (QED) is 0.764. The minimum absolute atomic E-state index is 0.215. The molecule has 16 heavy (non-hydrogen) atoms. The molecule has 0 unspecified atom stereocenters. The van der Waals surface area contributed by atoms with E-state index >= 15 is 0 Å². The summed E-state index contributed by atoms with van der Waals surface area (Å²) in [5.41, 5.74) is 1.14. The third-order valence-corrected chi connectivity index (χ3v) is 3.28. The molecule has 3 nitrogen and oxygen atoms in total. The summed E-state index contributed by atoms with van der Waals surface area (Å²) in [4.78, 5) is 18.1. The Hall–Kier alpha value is -1.38. The zero-order valence-corrected chi connectivity index (χ0v) is 9.94. The van der Waals surface area contributed by atoms with E-state index in [0.717, 1.165) is 24.2 Å². The molecule has 0 spiro atoms. The second-order valence-electron chi connectivity index (χ2n) is 4.57. The first-order valence-corrected chi connectivity index (χ1v) is 5.88. The number of aromatic nitrogens is 1. The third kappa shape index (κ3) is 2.23. The Morgan fingerprint density at radius 2 is 2.12 bits per heavy atom. The predicted molar refractivity (Wildman–Crippen MR) is 64.3 cm³/mol. The molecule has 1 aromatic heterocycles. The molecule has 1 heterocycles. The van der Waals surface area contributed by atoms with Crippen molar-refractivity contribution in [2.24, 2.45) is 5.92 Å². The molecule has 0 atom stereocenters. The van der Waals surface area contributed by atoms with Crippen molar-refractivity contribution in [3.8, 4) is 0 Å². The molecule has 3 heteroatoms. The number of carbonyl (C=O) groups excluding carboxylic acids is 1. The van der Waals surface area contributed by atoms with E-state index in [1.54, 1.807) is 11.1 Å². The number of hydrogen-bond acceptors (Lipinski definition) is 2. The van der Waals surface area contributed by atoms with Gasteiger partial charge in [-0.3, -0.25) is 9.69 Å². The summed E-state index contributed by atoms with van der Waals surface area (Å²) in [5, 5.41) is 0. The van der Waals surface area contributed by atoms with Crippen LogP contribution in [-0.4, -0.2) is 17.9 Å². The van der Waals surface area contributed by atoms with Crippen LogP contribution in [0.15, 0.2) is 18.3 Å². The molecule has 0 radical (unpaired) electrons. The van der Waals surface area contributed by atoms with Crippen LogP contribution >= 0.6 is 0 Å². The van der Waals surface area contributed by atoms with Crippen LogP contribution in [-0.2, 0) is 4.79 Å². The van der Waals surface area contributed by atoms with Crippen molar-refractivity contribution in [2.75, 3.05) is 11.9 Å². The summed E-state index contributed by atoms with van der Waals surface area (Å²) in [6.45, 7) is 2.01.